The Balaban J connectivity index is 3.34. The van der Waals surface area contributed by atoms with Gasteiger partial charge in [0.1, 0.15) is 0 Å². The third-order valence-corrected chi connectivity index (χ3v) is 1.85. The molecule has 0 heterocycles. The highest BCUT2D eigenvalue weighted by molar-refractivity contribution is 5.75. The van der Waals surface area contributed by atoms with Crippen molar-refractivity contribution in [3.05, 3.63) is 0 Å². The maximum Gasteiger partial charge on any atom is 0.221 e. The van der Waals surface area contributed by atoms with Crippen LogP contribution >= 0.6 is 0 Å². The van der Waals surface area contributed by atoms with Gasteiger partial charge in [-0.2, -0.15) is 0 Å². The molecule has 0 saturated heterocycles. The lowest BCUT2D eigenvalue weighted by Gasteiger charge is -2.20. The molecule has 0 saturated carbocycles. The van der Waals surface area contributed by atoms with Crippen LogP contribution < -0.4 is 10.6 Å². The highest BCUT2D eigenvalue weighted by Gasteiger charge is 2.08. The van der Waals surface area contributed by atoms with Crippen molar-refractivity contribution < 1.29 is 9.53 Å². The molecule has 0 radical (unpaired) electrons. The van der Waals surface area contributed by atoms with Crippen molar-refractivity contribution in [3.63, 3.8) is 0 Å². The maximum atomic E-state index is 11.3. The topological polar surface area (TPSA) is 50.4 Å². The number of carbonyl (C=O) groups is 1. The van der Waals surface area contributed by atoms with E-state index in [9.17, 15) is 4.79 Å². The lowest BCUT2D eigenvalue weighted by molar-refractivity contribution is -0.121. The molecular formula is C11H24N2O2. The third-order valence-electron chi connectivity index (χ3n) is 1.85. The van der Waals surface area contributed by atoms with Crippen LogP contribution in [-0.2, 0) is 9.53 Å². The van der Waals surface area contributed by atoms with E-state index in [1.165, 1.54) is 0 Å². The molecule has 0 aliphatic carbocycles. The van der Waals surface area contributed by atoms with Crippen LogP contribution in [0.15, 0.2) is 0 Å². The molecule has 0 aliphatic rings. The second kappa shape index (κ2) is 7.65. The smallest absolute Gasteiger partial charge is 0.221 e. The number of methoxy groups -OCH3 is 1. The number of rotatable bonds is 7. The van der Waals surface area contributed by atoms with Gasteiger partial charge in [-0.25, -0.2) is 0 Å². The van der Waals surface area contributed by atoms with E-state index >= 15 is 0 Å². The Morgan fingerprint density at radius 3 is 2.47 bits per heavy atom. The molecule has 0 fully saturated rings. The fourth-order valence-electron chi connectivity index (χ4n) is 1.08. The Hall–Kier alpha value is -0.610. The first kappa shape index (κ1) is 14.4. The Labute approximate surface area is 92.8 Å². The van der Waals surface area contributed by atoms with Crippen molar-refractivity contribution in [3.8, 4) is 0 Å². The lowest BCUT2D eigenvalue weighted by Crippen LogP contribution is -2.38. The molecule has 90 valence electrons. The Bertz CT molecular complexity index is 176. The molecule has 0 aromatic rings. The number of ether oxygens (including phenoxy) is 1. The first-order valence-corrected chi connectivity index (χ1v) is 5.46. The minimum Gasteiger partial charge on any atom is -0.385 e. The zero-order valence-electron chi connectivity index (χ0n) is 10.4. The molecule has 0 bridgehead atoms. The molecule has 0 spiro atoms. The van der Waals surface area contributed by atoms with Gasteiger partial charge in [-0.3, -0.25) is 4.79 Å². The summed E-state index contributed by atoms with van der Waals surface area (Å²) in [4.78, 5) is 11.3. The highest BCUT2D eigenvalue weighted by atomic mass is 16.5. The van der Waals surface area contributed by atoms with Crippen LogP contribution in [0.5, 0.6) is 0 Å². The van der Waals surface area contributed by atoms with Gasteiger partial charge in [0.15, 0.2) is 0 Å². The summed E-state index contributed by atoms with van der Waals surface area (Å²) in [5, 5.41) is 6.11. The lowest BCUT2D eigenvalue weighted by atomic mass is 10.1. The number of hydrogen-bond donors (Lipinski definition) is 2. The van der Waals surface area contributed by atoms with Gasteiger partial charge in [0.2, 0.25) is 5.91 Å². The monoisotopic (exact) mass is 216 g/mol. The maximum absolute atomic E-state index is 11.3. The van der Waals surface area contributed by atoms with Crippen molar-refractivity contribution in [2.45, 2.75) is 39.2 Å². The van der Waals surface area contributed by atoms with E-state index in [2.05, 4.69) is 31.4 Å². The van der Waals surface area contributed by atoms with E-state index in [1.54, 1.807) is 7.11 Å². The number of nitrogens with one attached hydrogen (secondary N) is 2. The molecule has 0 aromatic carbocycles. The largest absolute Gasteiger partial charge is 0.385 e. The summed E-state index contributed by atoms with van der Waals surface area (Å²) < 4.78 is 4.89. The molecule has 2 N–H and O–H groups in total. The van der Waals surface area contributed by atoms with Crippen LogP contribution in [0.25, 0.3) is 0 Å². The highest BCUT2D eigenvalue weighted by Crippen LogP contribution is 1.97. The van der Waals surface area contributed by atoms with Crippen LogP contribution in [-0.4, -0.2) is 38.3 Å². The fourth-order valence-corrected chi connectivity index (χ4v) is 1.08. The third kappa shape index (κ3) is 11.3. The van der Waals surface area contributed by atoms with Crippen LogP contribution in [0.2, 0.25) is 0 Å². The summed E-state index contributed by atoms with van der Waals surface area (Å²) in [7, 11) is 1.66. The summed E-state index contributed by atoms with van der Waals surface area (Å²) in [5.74, 6) is 0.0999. The summed E-state index contributed by atoms with van der Waals surface area (Å²) in [6.45, 7) is 8.37. The van der Waals surface area contributed by atoms with Crippen molar-refractivity contribution in [2.24, 2.45) is 0 Å². The average Bonchev–Trinajstić information content (AvgIpc) is 2.10. The van der Waals surface area contributed by atoms with E-state index in [-0.39, 0.29) is 11.4 Å². The molecular weight excluding hydrogens is 192 g/mol. The zero-order chi connectivity index (χ0) is 11.7. The molecule has 4 heteroatoms. The van der Waals surface area contributed by atoms with Crippen LogP contribution in [0, 0.1) is 0 Å². The van der Waals surface area contributed by atoms with E-state index in [0.717, 1.165) is 13.0 Å². The normalized spacial score (nSPS) is 11.5. The van der Waals surface area contributed by atoms with Crippen LogP contribution in [0.1, 0.15) is 33.6 Å². The molecule has 0 aromatic heterocycles. The van der Waals surface area contributed by atoms with Gasteiger partial charge in [0.05, 0.1) is 0 Å². The minimum atomic E-state index is 0.0797. The molecule has 0 atom stereocenters. The van der Waals surface area contributed by atoms with Gasteiger partial charge in [0.25, 0.3) is 0 Å². The summed E-state index contributed by atoms with van der Waals surface area (Å²) in [6, 6.07) is 0. The van der Waals surface area contributed by atoms with Crippen LogP contribution in [0.4, 0.5) is 0 Å². The number of amides is 1. The number of hydrogen-bond acceptors (Lipinski definition) is 3. The van der Waals surface area contributed by atoms with Crippen LogP contribution in [0.3, 0.4) is 0 Å². The number of carbonyl (C=O) groups excluding carboxylic acids is 1. The Morgan fingerprint density at radius 2 is 1.93 bits per heavy atom. The second-order valence-corrected chi connectivity index (χ2v) is 4.62. The Morgan fingerprint density at radius 1 is 1.27 bits per heavy atom. The zero-order valence-corrected chi connectivity index (χ0v) is 10.4. The predicted molar refractivity (Wildman–Crippen MR) is 61.9 cm³/mol. The average molecular weight is 216 g/mol. The molecule has 1 amide bonds. The minimum absolute atomic E-state index is 0.0797. The molecule has 15 heavy (non-hydrogen) atoms. The first-order chi connectivity index (χ1) is 6.95. The standard InChI is InChI=1S/C11H24N2O2/c1-11(2,3)13-8-6-10(14)12-7-5-9-15-4/h13H,5-9H2,1-4H3,(H,12,14). The molecule has 0 aliphatic heterocycles. The summed E-state index contributed by atoms with van der Waals surface area (Å²) in [5.41, 5.74) is 0.0797. The Kier molecular flexibility index (Phi) is 7.34. The summed E-state index contributed by atoms with van der Waals surface area (Å²) in [6.07, 6.45) is 1.40. The van der Waals surface area contributed by atoms with E-state index in [1.807, 2.05) is 0 Å². The quantitative estimate of drug-likeness (QED) is 0.622. The first-order valence-electron chi connectivity index (χ1n) is 5.46. The van der Waals surface area contributed by atoms with Gasteiger partial charge in [-0.05, 0) is 27.2 Å². The van der Waals surface area contributed by atoms with E-state index in [0.29, 0.717) is 19.6 Å². The van der Waals surface area contributed by atoms with Gasteiger partial charge in [-0.15, -0.1) is 0 Å². The molecule has 4 nitrogen and oxygen atoms in total. The fraction of sp³-hybridized carbons (Fsp3) is 0.909. The van der Waals surface area contributed by atoms with Crippen molar-refractivity contribution >= 4 is 5.91 Å². The van der Waals surface area contributed by atoms with Gasteiger partial charge >= 0.3 is 0 Å². The van der Waals surface area contributed by atoms with Gasteiger partial charge in [-0.1, -0.05) is 0 Å². The van der Waals surface area contributed by atoms with Crippen molar-refractivity contribution in [2.75, 3.05) is 26.8 Å². The van der Waals surface area contributed by atoms with Crippen molar-refractivity contribution in [1.29, 1.82) is 0 Å². The van der Waals surface area contributed by atoms with Crippen molar-refractivity contribution in [1.82, 2.24) is 10.6 Å². The van der Waals surface area contributed by atoms with E-state index < -0.39 is 0 Å². The second-order valence-electron chi connectivity index (χ2n) is 4.62. The summed E-state index contributed by atoms with van der Waals surface area (Å²) >= 11 is 0. The molecule has 0 rings (SSSR count). The van der Waals surface area contributed by atoms with Gasteiger partial charge in [0, 0.05) is 38.8 Å². The van der Waals surface area contributed by atoms with E-state index in [4.69, 9.17) is 4.74 Å². The predicted octanol–water partition coefficient (Wildman–Crippen LogP) is 0.917. The molecule has 0 unspecified atom stereocenters. The SMILES string of the molecule is COCCCNC(=O)CCNC(C)(C)C. The van der Waals surface area contributed by atoms with Gasteiger partial charge < -0.3 is 15.4 Å².